The van der Waals surface area contributed by atoms with Gasteiger partial charge in [0, 0.05) is 13.7 Å². The van der Waals surface area contributed by atoms with Crippen LogP contribution in [0.2, 0.25) is 0 Å². The maximum atomic E-state index is 14.5. The maximum absolute atomic E-state index is 14.5. The Labute approximate surface area is 258 Å². The quantitative estimate of drug-likeness (QED) is 0.284. The van der Waals surface area contributed by atoms with Crippen LogP contribution in [0.3, 0.4) is 0 Å². The van der Waals surface area contributed by atoms with Crippen LogP contribution >= 0.6 is 12.4 Å². The van der Waals surface area contributed by atoms with E-state index in [1.165, 1.54) is 4.90 Å². The number of para-hydroxylation sites is 2. The largest absolute Gasteiger partial charge is 0.382 e. The SMILES string of the molecule is CNC(C)(C(N)=O)[C@@H]1CN(C(=O)COCCOCCOC)c2ccccc2N(Cc2c(C)ccc3ccccc23)C1=O.Cl. The number of ether oxygens (including phenoxy) is 3. The molecule has 0 aliphatic carbocycles. The number of amides is 3. The summed E-state index contributed by atoms with van der Waals surface area (Å²) >= 11 is 0. The molecule has 0 saturated heterocycles. The first kappa shape index (κ1) is 34.0. The van der Waals surface area contributed by atoms with Crippen molar-refractivity contribution in [1.29, 1.82) is 0 Å². The molecule has 0 spiro atoms. The van der Waals surface area contributed by atoms with Crippen LogP contribution in [0.4, 0.5) is 11.4 Å². The molecular weight excluding hydrogens is 572 g/mol. The molecule has 0 aromatic heterocycles. The average Bonchev–Trinajstić information content (AvgIpc) is 3.12. The van der Waals surface area contributed by atoms with Gasteiger partial charge in [-0.05, 0) is 54.9 Å². The van der Waals surface area contributed by atoms with Crippen molar-refractivity contribution in [3.05, 3.63) is 71.8 Å². The van der Waals surface area contributed by atoms with Crippen molar-refractivity contribution in [2.45, 2.75) is 25.9 Å². The number of rotatable bonds is 13. The third-order valence-corrected chi connectivity index (χ3v) is 8.04. The molecule has 0 fully saturated rings. The van der Waals surface area contributed by atoms with E-state index in [1.54, 1.807) is 32.0 Å². The van der Waals surface area contributed by atoms with Crippen molar-refractivity contribution in [2.24, 2.45) is 11.7 Å². The first-order valence-electron chi connectivity index (χ1n) is 14.0. The van der Waals surface area contributed by atoms with Gasteiger partial charge in [0.2, 0.25) is 11.8 Å². The fraction of sp³-hybridized carbons (Fsp3) is 0.406. The van der Waals surface area contributed by atoms with Crippen LogP contribution in [-0.2, 0) is 35.1 Å². The number of hydrogen-bond acceptors (Lipinski definition) is 7. The zero-order valence-electron chi connectivity index (χ0n) is 25.1. The number of nitrogens with two attached hydrogens (primary N) is 1. The summed E-state index contributed by atoms with van der Waals surface area (Å²) in [4.78, 5) is 44.2. The molecule has 0 saturated carbocycles. The van der Waals surface area contributed by atoms with Crippen LogP contribution in [0.1, 0.15) is 18.1 Å². The van der Waals surface area contributed by atoms with Gasteiger partial charge >= 0.3 is 0 Å². The van der Waals surface area contributed by atoms with Crippen LogP contribution in [0, 0.1) is 12.8 Å². The van der Waals surface area contributed by atoms with Crippen molar-refractivity contribution in [2.75, 3.05) is 63.5 Å². The van der Waals surface area contributed by atoms with Crippen LogP contribution in [0.5, 0.6) is 0 Å². The lowest BCUT2D eigenvalue weighted by atomic mass is 9.83. The second-order valence-electron chi connectivity index (χ2n) is 10.5. The Balaban J connectivity index is 0.00000506. The predicted octanol–water partition coefficient (Wildman–Crippen LogP) is 3.21. The van der Waals surface area contributed by atoms with Crippen molar-refractivity contribution in [3.63, 3.8) is 0 Å². The number of likely N-dealkylation sites (N-methyl/N-ethyl adjacent to an activating group) is 1. The number of primary amides is 1. The molecule has 1 aliphatic heterocycles. The molecule has 11 heteroatoms. The molecule has 0 radical (unpaired) electrons. The minimum atomic E-state index is -1.43. The van der Waals surface area contributed by atoms with Gasteiger partial charge < -0.3 is 35.1 Å². The lowest BCUT2D eigenvalue weighted by Crippen LogP contribution is -2.63. The van der Waals surface area contributed by atoms with Gasteiger partial charge in [0.1, 0.15) is 12.1 Å². The molecule has 3 aromatic rings. The van der Waals surface area contributed by atoms with Gasteiger partial charge in [0.25, 0.3) is 5.91 Å². The van der Waals surface area contributed by atoms with E-state index in [-0.39, 0.29) is 50.5 Å². The minimum absolute atomic E-state index is 0. The van der Waals surface area contributed by atoms with Crippen molar-refractivity contribution < 1.29 is 28.6 Å². The molecular formula is C32H41ClN4O6. The number of benzene rings is 3. The number of carbonyl (C=O) groups is 3. The van der Waals surface area contributed by atoms with Gasteiger partial charge in [-0.3, -0.25) is 14.4 Å². The number of carbonyl (C=O) groups excluding carboxylic acids is 3. The molecule has 0 bridgehead atoms. The fourth-order valence-corrected chi connectivity index (χ4v) is 5.30. The summed E-state index contributed by atoms with van der Waals surface area (Å²) in [5, 5.41) is 5.07. The summed E-state index contributed by atoms with van der Waals surface area (Å²) in [7, 11) is 3.19. The smallest absolute Gasteiger partial charge is 0.253 e. The summed E-state index contributed by atoms with van der Waals surface area (Å²) in [6, 6.07) is 19.4. The molecule has 2 atom stereocenters. The lowest BCUT2D eigenvalue weighted by molar-refractivity contribution is -0.134. The van der Waals surface area contributed by atoms with Gasteiger partial charge in [-0.25, -0.2) is 0 Å². The van der Waals surface area contributed by atoms with Crippen LogP contribution in [0.25, 0.3) is 10.8 Å². The first-order chi connectivity index (χ1) is 20.2. The molecule has 43 heavy (non-hydrogen) atoms. The van der Waals surface area contributed by atoms with Gasteiger partial charge in [-0.2, -0.15) is 0 Å². The standard InChI is InChI=1S/C32H40N4O6.ClH/c1-22-13-14-23-9-5-6-10-24(23)25(22)19-36-28-12-8-7-11-27(28)35(29(37)21-42-18-17-41-16-15-40-4)20-26(30(36)38)32(2,34-3)31(33)39;/h5-14,26,34H,15-21H2,1-4H3,(H2,33,39);1H/t26-,32?;/m1./s1. The molecule has 10 nitrogen and oxygen atoms in total. The normalized spacial score (nSPS) is 16.3. The fourth-order valence-electron chi connectivity index (χ4n) is 5.30. The maximum Gasteiger partial charge on any atom is 0.253 e. The minimum Gasteiger partial charge on any atom is -0.382 e. The average molecular weight is 613 g/mol. The van der Waals surface area contributed by atoms with Crippen molar-refractivity contribution in [3.8, 4) is 0 Å². The molecule has 3 amide bonds. The van der Waals surface area contributed by atoms with Crippen LogP contribution < -0.4 is 20.9 Å². The van der Waals surface area contributed by atoms with E-state index in [0.29, 0.717) is 31.2 Å². The van der Waals surface area contributed by atoms with E-state index < -0.39 is 17.4 Å². The summed E-state index contributed by atoms with van der Waals surface area (Å²) in [6.45, 7) is 5.01. The Morgan fingerprint density at radius 3 is 2.33 bits per heavy atom. The number of halogens is 1. The van der Waals surface area contributed by atoms with E-state index in [4.69, 9.17) is 19.9 Å². The molecule has 4 rings (SSSR count). The van der Waals surface area contributed by atoms with E-state index in [9.17, 15) is 14.4 Å². The third kappa shape index (κ3) is 7.34. The van der Waals surface area contributed by atoms with E-state index >= 15 is 0 Å². The highest BCUT2D eigenvalue weighted by atomic mass is 35.5. The third-order valence-electron chi connectivity index (χ3n) is 8.04. The zero-order chi connectivity index (χ0) is 30.3. The van der Waals surface area contributed by atoms with Gasteiger partial charge in [0.05, 0.1) is 50.3 Å². The highest BCUT2D eigenvalue weighted by Gasteiger charge is 2.48. The number of methoxy groups -OCH3 is 1. The van der Waals surface area contributed by atoms with Gasteiger partial charge in [-0.15, -0.1) is 12.4 Å². The number of anilines is 2. The van der Waals surface area contributed by atoms with Crippen LogP contribution in [0.15, 0.2) is 60.7 Å². The van der Waals surface area contributed by atoms with Crippen LogP contribution in [-0.4, -0.2) is 77.0 Å². The van der Waals surface area contributed by atoms with E-state index in [1.807, 2.05) is 55.5 Å². The Morgan fingerprint density at radius 2 is 1.63 bits per heavy atom. The Morgan fingerprint density at radius 1 is 0.977 bits per heavy atom. The number of aryl methyl sites for hydroxylation is 1. The van der Waals surface area contributed by atoms with Gasteiger partial charge in [-0.1, -0.05) is 48.5 Å². The van der Waals surface area contributed by atoms with Gasteiger partial charge in [0.15, 0.2) is 0 Å². The number of nitrogens with one attached hydrogen (secondary N) is 1. The number of hydrogen-bond donors (Lipinski definition) is 2. The molecule has 3 aromatic carbocycles. The summed E-state index contributed by atoms with van der Waals surface area (Å²) in [6.07, 6.45) is 0. The molecule has 1 unspecified atom stereocenters. The first-order valence-corrected chi connectivity index (χ1v) is 14.0. The molecule has 232 valence electrons. The molecule has 3 N–H and O–H groups in total. The monoisotopic (exact) mass is 612 g/mol. The number of nitrogens with zero attached hydrogens (tertiary/aromatic N) is 2. The van der Waals surface area contributed by atoms with Crippen molar-refractivity contribution >= 4 is 52.3 Å². The molecule has 1 heterocycles. The zero-order valence-corrected chi connectivity index (χ0v) is 25.9. The summed E-state index contributed by atoms with van der Waals surface area (Å²) < 4.78 is 16.0. The highest BCUT2D eigenvalue weighted by Crippen LogP contribution is 2.39. The van der Waals surface area contributed by atoms with E-state index in [2.05, 4.69) is 11.4 Å². The summed E-state index contributed by atoms with van der Waals surface area (Å²) in [5.41, 5.74) is 7.57. The topological polar surface area (TPSA) is 123 Å². The number of fused-ring (bicyclic) bond motifs is 2. The highest BCUT2D eigenvalue weighted by molar-refractivity contribution is 6.08. The Bertz CT molecular complexity index is 1440. The van der Waals surface area contributed by atoms with Crippen molar-refractivity contribution in [1.82, 2.24) is 5.32 Å². The predicted molar refractivity (Wildman–Crippen MR) is 170 cm³/mol. The van der Waals surface area contributed by atoms with E-state index in [0.717, 1.165) is 21.9 Å². The molecule has 1 aliphatic rings. The summed E-state index contributed by atoms with van der Waals surface area (Å²) in [5.74, 6) is -2.33. The lowest BCUT2D eigenvalue weighted by Gasteiger charge is -2.36. The second kappa shape index (κ2) is 15.3. The Kier molecular flexibility index (Phi) is 12.1. The Hall–Kier alpha value is -3.54. The second-order valence-corrected chi connectivity index (χ2v) is 10.5.